The molecule has 1 aromatic rings. The van der Waals surface area contributed by atoms with Crippen LogP contribution in [0.25, 0.3) is 0 Å². The Morgan fingerprint density at radius 3 is 2.17 bits per heavy atom. The largest absolute Gasteiger partial charge is 0.336 e. The van der Waals surface area contributed by atoms with E-state index in [4.69, 9.17) is 0 Å². The summed E-state index contributed by atoms with van der Waals surface area (Å²) in [7, 11) is 0. The first kappa shape index (κ1) is 14.9. The zero-order chi connectivity index (χ0) is 16.1. The molecular weight excluding hydrogens is 298 g/mol. The summed E-state index contributed by atoms with van der Waals surface area (Å²) < 4.78 is 0. The van der Waals surface area contributed by atoms with E-state index in [1.165, 1.54) is 38.5 Å². The average molecular weight is 325 g/mol. The lowest BCUT2D eigenvalue weighted by Crippen LogP contribution is -2.64. The summed E-state index contributed by atoms with van der Waals surface area (Å²) in [5, 5.41) is 0. The van der Waals surface area contributed by atoms with Crippen molar-refractivity contribution in [3.63, 3.8) is 0 Å². The number of piperazine rings is 1. The standard InChI is InChI=1S/C20H27N3O/c24-19(18-2-1-3-21-14-18)22-4-6-23(7-5-22)20-11-15-8-16(12-20)10-17(9-15)13-20/h1-3,14-17H,4-13H2. The van der Waals surface area contributed by atoms with Gasteiger partial charge in [0.2, 0.25) is 0 Å². The molecule has 4 nitrogen and oxygen atoms in total. The molecule has 0 N–H and O–H groups in total. The minimum atomic E-state index is 0.147. The molecule has 24 heavy (non-hydrogen) atoms. The second kappa shape index (κ2) is 5.55. The molecule has 5 aliphatic rings. The summed E-state index contributed by atoms with van der Waals surface area (Å²) in [4.78, 5) is 21.5. The normalized spacial score (nSPS) is 38.5. The Bertz CT molecular complexity index is 586. The van der Waals surface area contributed by atoms with Gasteiger partial charge in [0, 0.05) is 44.1 Å². The van der Waals surface area contributed by atoms with E-state index < -0.39 is 0 Å². The first-order valence-corrected chi connectivity index (χ1v) is 9.66. The monoisotopic (exact) mass is 325 g/mol. The Labute approximate surface area is 144 Å². The fraction of sp³-hybridized carbons (Fsp3) is 0.700. The van der Waals surface area contributed by atoms with Gasteiger partial charge in [0.1, 0.15) is 0 Å². The molecule has 0 aromatic carbocycles. The number of carbonyl (C=O) groups is 1. The van der Waals surface area contributed by atoms with E-state index in [1.807, 2.05) is 17.0 Å². The molecule has 0 spiro atoms. The van der Waals surface area contributed by atoms with E-state index in [2.05, 4.69) is 9.88 Å². The minimum absolute atomic E-state index is 0.147. The molecule has 6 rings (SSSR count). The Morgan fingerprint density at radius 2 is 1.62 bits per heavy atom. The maximum Gasteiger partial charge on any atom is 0.255 e. The van der Waals surface area contributed by atoms with Crippen molar-refractivity contribution in [3.05, 3.63) is 30.1 Å². The van der Waals surface area contributed by atoms with E-state index in [0.29, 0.717) is 5.54 Å². The highest BCUT2D eigenvalue weighted by Gasteiger charge is 2.53. The van der Waals surface area contributed by atoms with Crippen molar-refractivity contribution in [1.29, 1.82) is 0 Å². The van der Waals surface area contributed by atoms with E-state index in [9.17, 15) is 4.79 Å². The van der Waals surface area contributed by atoms with Crippen LogP contribution in [0.4, 0.5) is 0 Å². The van der Waals surface area contributed by atoms with Gasteiger partial charge in [-0.05, 0) is 68.4 Å². The van der Waals surface area contributed by atoms with Crippen molar-refractivity contribution in [3.8, 4) is 0 Å². The number of rotatable bonds is 2. The van der Waals surface area contributed by atoms with Crippen molar-refractivity contribution < 1.29 is 4.79 Å². The van der Waals surface area contributed by atoms with Crippen LogP contribution in [0.5, 0.6) is 0 Å². The van der Waals surface area contributed by atoms with Crippen LogP contribution in [-0.2, 0) is 0 Å². The fourth-order valence-electron chi connectivity index (χ4n) is 6.51. The highest BCUT2D eigenvalue weighted by molar-refractivity contribution is 5.93. The van der Waals surface area contributed by atoms with Gasteiger partial charge in [-0.25, -0.2) is 0 Å². The van der Waals surface area contributed by atoms with E-state index in [-0.39, 0.29) is 5.91 Å². The SMILES string of the molecule is O=C(c1cccnc1)N1CCN(C23CC4CC(CC(C4)C2)C3)CC1. The molecular formula is C20H27N3O. The molecule has 2 heterocycles. The summed E-state index contributed by atoms with van der Waals surface area (Å²) in [5.74, 6) is 3.12. The molecule has 0 unspecified atom stereocenters. The van der Waals surface area contributed by atoms with Crippen LogP contribution >= 0.6 is 0 Å². The first-order chi connectivity index (χ1) is 11.7. The predicted octanol–water partition coefficient (Wildman–Crippen LogP) is 2.81. The van der Waals surface area contributed by atoms with Crippen LogP contribution in [0, 0.1) is 17.8 Å². The predicted molar refractivity (Wildman–Crippen MR) is 92.6 cm³/mol. The van der Waals surface area contributed by atoms with Gasteiger partial charge in [-0.15, -0.1) is 0 Å². The number of carbonyl (C=O) groups excluding carboxylic acids is 1. The Morgan fingerprint density at radius 1 is 1.00 bits per heavy atom. The highest BCUT2D eigenvalue weighted by Crippen LogP contribution is 2.57. The van der Waals surface area contributed by atoms with Gasteiger partial charge in [0.15, 0.2) is 0 Å². The first-order valence-electron chi connectivity index (χ1n) is 9.66. The second-order valence-electron chi connectivity index (χ2n) is 8.66. The van der Waals surface area contributed by atoms with Gasteiger partial charge in [0.05, 0.1) is 5.56 Å². The molecule has 1 aromatic heterocycles. The molecule has 1 saturated heterocycles. The lowest BCUT2D eigenvalue weighted by Gasteiger charge is -2.61. The van der Waals surface area contributed by atoms with Crippen molar-refractivity contribution in [2.75, 3.05) is 26.2 Å². The topological polar surface area (TPSA) is 36.4 Å². The molecule has 4 heteroatoms. The van der Waals surface area contributed by atoms with Gasteiger partial charge in [-0.1, -0.05) is 0 Å². The molecule has 4 aliphatic carbocycles. The van der Waals surface area contributed by atoms with Gasteiger partial charge >= 0.3 is 0 Å². The van der Waals surface area contributed by atoms with Crippen molar-refractivity contribution in [2.45, 2.75) is 44.1 Å². The molecule has 128 valence electrons. The molecule has 0 atom stereocenters. The van der Waals surface area contributed by atoms with Crippen LogP contribution in [0.1, 0.15) is 48.9 Å². The Kier molecular flexibility index (Phi) is 3.44. The third-order valence-corrected chi connectivity index (χ3v) is 7.15. The zero-order valence-electron chi connectivity index (χ0n) is 14.4. The molecule has 1 aliphatic heterocycles. The maximum absolute atomic E-state index is 12.6. The fourth-order valence-corrected chi connectivity index (χ4v) is 6.51. The summed E-state index contributed by atoms with van der Waals surface area (Å²) in [6.07, 6.45) is 12.2. The lowest BCUT2D eigenvalue weighted by atomic mass is 9.52. The maximum atomic E-state index is 12.6. The third-order valence-electron chi connectivity index (χ3n) is 7.15. The number of hydrogen-bond donors (Lipinski definition) is 0. The number of hydrogen-bond acceptors (Lipinski definition) is 3. The van der Waals surface area contributed by atoms with E-state index >= 15 is 0 Å². The van der Waals surface area contributed by atoms with Crippen LogP contribution in [0.2, 0.25) is 0 Å². The Balaban J connectivity index is 1.27. The van der Waals surface area contributed by atoms with E-state index in [0.717, 1.165) is 49.5 Å². The Hall–Kier alpha value is -1.42. The number of pyridine rings is 1. The summed E-state index contributed by atoms with van der Waals surface area (Å²) in [6, 6.07) is 3.72. The lowest BCUT2D eigenvalue weighted by molar-refractivity contribution is -0.0987. The van der Waals surface area contributed by atoms with Gasteiger partial charge in [-0.2, -0.15) is 0 Å². The summed E-state index contributed by atoms with van der Waals surface area (Å²) in [5.41, 5.74) is 1.21. The second-order valence-corrected chi connectivity index (χ2v) is 8.66. The van der Waals surface area contributed by atoms with Crippen LogP contribution in [0.3, 0.4) is 0 Å². The molecule has 0 radical (unpaired) electrons. The third kappa shape index (κ3) is 2.38. The minimum Gasteiger partial charge on any atom is -0.336 e. The molecule has 1 amide bonds. The van der Waals surface area contributed by atoms with Crippen LogP contribution < -0.4 is 0 Å². The highest BCUT2D eigenvalue weighted by atomic mass is 16.2. The van der Waals surface area contributed by atoms with Gasteiger partial charge in [-0.3, -0.25) is 14.7 Å². The quantitative estimate of drug-likeness (QED) is 0.839. The number of aromatic nitrogens is 1. The van der Waals surface area contributed by atoms with Crippen LogP contribution in [0.15, 0.2) is 24.5 Å². The summed E-state index contributed by atoms with van der Waals surface area (Å²) in [6.45, 7) is 3.85. The summed E-state index contributed by atoms with van der Waals surface area (Å²) >= 11 is 0. The molecule has 4 saturated carbocycles. The van der Waals surface area contributed by atoms with E-state index in [1.54, 1.807) is 12.4 Å². The van der Waals surface area contributed by atoms with Crippen molar-refractivity contribution in [2.24, 2.45) is 17.8 Å². The molecule has 5 fully saturated rings. The number of nitrogens with zero attached hydrogens (tertiary/aromatic N) is 3. The van der Waals surface area contributed by atoms with Gasteiger partial charge in [0.25, 0.3) is 5.91 Å². The molecule has 4 bridgehead atoms. The average Bonchev–Trinajstić information content (AvgIpc) is 2.61. The number of amides is 1. The van der Waals surface area contributed by atoms with Crippen LogP contribution in [-0.4, -0.2) is 52.4 Å². The van der Waals surface area contributed by atoms with Crippen molar-refractivity contribution in [1.82, 2.24) is 14.8 Å². The van der Waals surface area contributed by atoms with Gasteiger partial charge < -0.3 is 4.90 Å². The smallest absolute Gasteiger partial charge is 0.255 e. The van der Waals surface area contributed by atoms with Crippen molar-refractivity contribution >= 4 is 5.91 Å². The zero-order valence-corrected chi connectivity index (χ0v) is 14.4.